The number of rotatable bonds is 5. The molecular formula is C15H22. The molecule has 0 aromatic rings. The van der Waals surface area contributed by atoms with Gasteiger partial charge in [0.15, 0.2) is 0 Å². The van der Waals surface area contributed by atoms with Crippen LogP contribution in [0.4, 0.5) is 0 Å². The van der Waals surface area contributed by atoms with Crippen molar-refractivity contribution < 1.29 is 0 Å². The average molecular weight is 202 g/mol. The van der Waals surface area contributed by atoms with Gasteiger partial charge < -0.3 is 0 Å². The van der Waals surface area contributed by atoms with E-state index in [4.69, 9.17) is 0 Å². The van der Waals surface area contributed by atoms with Crippen LogP contribution < -0.4 is 0 Å². The van der Waals surface area contributed by atoms with Crippen molar-refractivity contribution >= 4 is 0 Å². The van der Waals surface area contributed by atoms with Crippen LogP contribution in [0, 0.1) is 0 Å². The Kier molecular flexibility index (Phi) is 8.46. The van der Waals surface area contributed by atoms with Gasteiger partial charge in [-0.1, -0.05) is 59.8 Å². The Morgan fingerprint density at radius 1 is 0.733 bits per heavy atom. The molecule has 0 aliphatic heterocycles. The van der Waals surface area contributed by atoms with Gasteiger partial charge in [-0.15, -0.1) is 0 Å². The van der Waals surface area contributed by atoms with Gasteiger partial charge in [0.25, 0.3) is 0 Å². The van der Waals surface area contributed by atoms with E-state index in [9.17, 15) is 0 Å². The van der Waals surface area contributed by atoms with Crippen molar-refractivity contribution in [3.8, 4) is 0 Å². The molecule has 0 aromatic heterocycles. The molecule has 0 atom stereocenters. The first-order valence-corrected chi connectivity index (χ1v) is 5.39. The topological polar surface area (TPSA) is 0 Å². The van der Waals surface area contributed by atoms with Crippen molar-refractivity contribution in [2.75, 3.05) is 0 Å². The lowest BCUT2D eigenvalue weighted by atomic mass is 10.2. The van der Waals surface area contributed by atoms with E-state index >= 15 is 0 Å². The van der Waals surface area contributed by atoms with E-state index in [0.29, 0.717) is 0 Å². The fourth-order valence-electron chi connectivity index (χ4n) is 0.901. The summed E-state index contributed by atoms with van der Waals surface area (Å²) in [6.45, 7) is 8.42. The van der Waals surface area contributed by atoms with Crippen LogP contribution in [0.25, 0.3) is 0 Å². The highest BCUT2D eigenvalue weighted by molar-refractivity contribution is 5.17. The summed E-state index contributed by atoms with van der Waals surface area (Å²) in [7, 11) is 0. The zero-order valence-electron chi connectivity index (χ0n) is 10.3. The lowest BCUT2D eigenvalue weighted by molar-refractivity contribution is 1.28. The third-order valence-corrected chi connectivity index (χ3v) is 1.67. The molecule has 0 saturated heterocycles. The van der Waals surface area contributed by atoms with Crippen LogP contribution in [-0.4, -0.2) is 0 Å². The minimum absolute atomic E-state index is 1.02. The largest absolute Gasteiger partial charge is 0.0821 e. The molecule has 0 radical (unpaired) electrons. The van der Waals surface area contributed by atoms with Crippen LogP contribution in [-0.2, 0) is 0 Å². The number of hydrogen-bond acceptors (Lipinski definition) is 0. The molecule has 0 aliphatic rings. The SMILES string of the molecule is CC(C)=C/C=C/C=C/C=C/CC=C(C)C. The molecule has 0 bridgehead atoms. The molecule has 0 amide bonds. The summed E-state index contributed by atoms with van der Waals surface area (Å²) in [6.07, 6.45) is 17.7. The lowest BCUT2D eigenvalue weighted by Crippen LogP contribution is -1.63. The van der Waals surface area contributed by atoms with Gasteiger partial charge in [0.2, 0.25) is 0 Å². The van der Waals surface area contributed by atoms with Gasteiger partial charge in [-0.2, -0.15) is 0 Å². The number of allylic oxidation sites excluding steroid dienone is 10. The summed E-state index contributed by atoms with van der Waals surface area (Å²) in [6, 6.07) is 0. The first-order valence-electron chi connectivity index (χ1n) is 5.39. The maximum atomic E-state index is 2.21. The quantitative estimate of drug-likeness (QED) is 0.436. The van der Waals surface area contributed by atoms with Crippen molar-refractivity contribution in [1.82, 2.24) is 0 Å². The Morgan fingerprint density at radius 3 is 1.93 bits per heavy atom. The van der Waals surface area contributed by atoms with E-state index in [1.54, 1.807) is 0 Å². The normalized spacial score (nSPS) is 11.5. The highest BCUT2D eigenvalue weighted by atomic mass is 13.8. The monoisotopic (exact) mass is 202 g/mol. The molecule has 0 unspecified atom stereocenters. The molecule has 0 saturated carbocycles. The third kappa shape index (κ3) is 12.7. The van der Waals surface area contributed by atoms with E-state index < -0.39 is 0 Å². The van der Waals surface area contributed by atoms with Gasteiger partial charge >= 0.3 is 0 Å². The van der Waals surface area contributed by atoms with Gasteiger partial charge in [0, 0.05) is 0 Å². The second-order valence-electron chi connectivity index (χ2n) is 3.96. The van der Waals surface area contributed by atoms with E-state index in [-0.39, 0.29) is 0 Å². The summed E-state index contributed by atoms with van der Waals surface area (Å²) in [5, 5.41) is 0. The summed E-state index contributed by atoms with van der Waals surface area (Å²) >= 11 is 0. The molecule has 15 heavy (non-hydrogen) atoms. The Hall–Kier alpha value is -1.30. The zero-order valence-corrected chi connectivity index (χ0v) is 10.3. The lowest BCUT2D eigenvalue weighted by Gasteiger charge is -1.84. The second kappa shape index (κ2) is 9.26. The van der Waals surface area contributed by atoms with Crippen LogP contribution >= 0.6 is 0 Å². The smallest absolute Gasteiger partial charge is 0.0164 e. The predicted molar refractivity (Wildman–Crippen MR) is 70.9 cm³/mol. The van der Waals surface area contributed by atoms with Crippen LogP contribution in [0.15, 0.2) is 59.8 Å². The average Bonchev–Trinajstić information content (AvgIpc) is 2.14. The van der Waals surface area contributed by atoms with E-state index in [1.807, 2.05) is 18.2 Å². The summed E-state index contributed by atoms with van der Waals surface area (Å²) < 4.78 is 0. The molecule has 0 aliphatic carbocycles. The molecule has 0 rings (SSSR count). The first kappa shape index (κ1) is 13.7. The fraction of sp³-hybridized carbons (Fsp3) is 0.333. The third-order valence-electron chi connectivity index (χ3n) is 1.67. The minimum Gasteiger partial charge on any atom is -0.0821 e. The van der Waals surface area contributed by atoms with E-state index in [1.165, 1.54) is 11.1 Å². The van der Waals surface area contributed by atoms with Gasteiger partial charge in [-0.3, -0.25) is 0 Å². The highest BCUT2D eigenvalue weighted by Crippen LogP contribution is 1.94. The minimum atomic E-state index is 1.02. The Labute approximate surface area is 94.4 Å². The van der Waals surface area contributed by atoms with Crippen LogP contribution in [0.5, 0.6) is 0 Å². The number of hydrogen-bond donors (Lipinski definition) is 0. The maximum absolute atomic E-state index is 2.21. The highest BCUT2D eigenvalue weighted by Gasteiger charge is 1.73. The van der Waals surface area contributed by atoms with E-state index in [0.717, 1.165) is 6.42 Å². The first-order chi connectivity index (χ1) is 7.13. The van der Waals surface area contributed by atoms with Crippen LogP contribution in [0.2, 0.25) is 0 Å². The summed E-state index contributed by atoms with van der Waals surface area (Å²) in [4.78, 5) is 0. The predicted octanol–water partition coefficient (Wildman–Crippen LogP) is 4.98. The fourth-order valence-corrected chi connectivity index (χ4v) is 0.901. The van der Waals surface area contributed by atoms with Crippen LogP contribution in [0.3, 0.4) is 0 Å². The Bertz CT molecular complexity index is 288. The molecular weight excluding hydrogens is 180 g/mol. The zero-order chi connectivity index (χ0) is 11.5. The molecule has 0 fully saturated rings. The van der Waals surface area contributed by atoms with Crippen molar-refractivity contribution in [2.24, 2.45) is 0 Å². The molecule has 0 N–H and O–H groups in total. The molecule has 0 heterocycles. The van der Waals surface area contributed by atoms with Gasteiger partial charge in [-0.05, 0) is 34.1 Å². The molecule has 82 valence electrons. The Morgan fingerprint density at radius 2 is 1.33 bits per heavy atom. The summed E-state index contributed by atoms with van der Waals surface area (Å²) in [5.74, 6) is 0. The second-order valence-corrected chi connectivity index (χ2v) is 3.96. The van der Waals surface area contributed by atoms with Crippen molar-refractivity contribution in [1.29, 1.82) is 0 Å². The van der Waals surface area contributed by atoms with Gasteiger partial charge in [0.05, 0.1) is 0 Å². The maximum Gasteiger partial charge on any atom is -0.0164 e. The molecule has 0 nitrogen and oxygen atoms in total. The van der Waals surface area contributed by atoms with Gasteiger partial charge in [0.1, 0.15) is 0 Å². The molecule has 0 aromatic carbocycles. The van der Waals surface area contributed by atoms with Crippen molar-refractivity contribution in [3.63, 3.8) is 0 Å². The molecule has 0 heteroatoms. The Balaban J connectivity index is 3.76. The van der Waals surface area contributed by atoms with Crippen LogP contribution in [0.1, 0.15) is 34.1 Å². The van der Waals surface area contributed by atoms with E-state index in [2.05, 4.69) is 58.1 Å². The van der Waals surface area contributed by atoms with Crippen molar-refractivity contribution in [3.05, 3.63) is 59.8 Å². The summed E-state index contributed by atoms with van der Waals surface area (Å²) in [5.41, 5.74) is 2.69. The van der Waals surface area contributed by atoms with Gasteiger partial charge in [-0.25, -0.2) is 0 Å². The molecule has 0 spiro atoms. The van der Waals surface area contributed by atoms with Crippen molar-refractivity contribution in [2.45, 2.75) is 34.1 Å². The standard InChI is InChI=1S/C15H22/c1-14(2)12-10-8-6-5-7-9-11-13-15(3)4/h5-10,12-13H,11H2,1-4H3/b6-5+,9-7+,10-8+.